The van der Waals surface area contributed by atoms with Gasteiger partial charge in [-0.2, -0.15) is 10.5 Å². The van der Waals surface area contributed by atoms with Crippen molar-refractivity contribution in [1.29, 1.82) is 10.5 Å². The molecule has 0 spiro atoms. The zero-order valence-electron chi connectivity index (χ0n) is 14.8. The quantitative estimate of drug-likeness (QED) is 0.381. The monoisotopic (exact) mass is 302 g/mol. The van der Waals surface area contributed by atoms with E-state index in [2.05, 4.69) is 29.4 Å². The van der Waals surface area contributed by atoms with Gasteiger partial charge in [0.1, 0.15) is 11.3 Å². The Kier molecular flexibility index (Phi) is 9.96. The van der Waals surface area contributed by atoms with E-state index in [1.807, 2.05) is 20.8 Å². The van der Waals surface area contributed by atoms with Gasteiger partial charge in [0.2, 0.25) is 0 Å². The minimum atomic E-state index is -0.628. The molecule has 1 unspecified atom stereocenters. The lowest BCUT2D eigenvalue weighted by Gasteiger charge is -2.26. The van der Waals surface area contributed by atoms with Crippen molar-refractivity contribution in [1.82, 2.24) is 5.32 Å². The van der Waals surface area contributed by atoms with Crippen molar-refractivity contribution >= 4 is 5.84 Å². The maximum Gasteiger partial charge on any atom is 0.120 e. The molecule has 1 N–H and O–H groups in total. The summed E-state index contributed by atoms with van der Waals surface area (Å²) in [5, 5.41) is 21.8. The van der Waals surface area contributed by atoms with Crippen LogP contribution in [-0.4, -0.2) is 12.9 Å². The first-order valence-electron chi connectivity index (χ1n) is 8.14. The highest BCUT2D eigenvalue weighted by molar-refractivity contribution is 5.91. The molecule has 0 aromatic carbocycles. The minimum absolute atomic E-state index is 0.305. The summed E-state index contributed by atoms with van der Waals surface area (Å²) in [6, 6.07) is 4.56. The molecule has 0 saturated carbocycles. The molecule has 0 aliphatic rings. The average molecular weight is 302 g/mol. The van der Waals surface area contributed by atoms with Crippen LogP contribution in [0.5, 0.6) is 0 Å². The van der Waals surface area contributed by atoms with E-state index < -0.39 is 5.41 Å². The Balaban J connectivity index is 4.90. The molecule has 1 atom stereocenters. The molecule has 0 rings (SSSR count). The number of nitrogens with one attached hydrogen (secondary N) is 1. The third-order valence-corrected chi connectivity index (χ3v) is 3.90. The van der Waals surface area contributed by atoms with Crippen LogP contribution >= 0.6 is 0 Å². The van der Waals surface area contributed by atoms with Crippen LogP contribution in [0.3, 0.4) is 0 Å². The van der Waals surface area contributed by atoms with Crippen LogP contribution in [0.15, 0.2) is 16.3 Å². The number of hydrogen-bond donors (Lipinski definition) is 1. The Morgan fingerprint density at radius 1 is 1.14 bits per heavy atom. The fraction of sp³-hybridized carbons (Fsp3) is 0.722. The molecule has 0 aliphatic heterocycles. The molecular formula is C18H30N4. The third kappa shape index (κ3) is 6.76. The largest absolute Gasteiger partial charge is 0.345 e. The lowest BCUT2D eigenvalue weighted by atomic mass is 9.84. The van der Waals surface area contributed by atoms with Crippen LogP contribution in [0, 0.1) is 28.1 Å². The van der Waals surface area contributed by atoms with Gasteiger partial charge in [0.15, 0.2) is 0 Å². The van der Waals surface area contributed by atoms with Gasteiger partial charge >= 0.3 is 0 Å². The molecule has 0 aromatic rings. The van der Waals surface area contributed by atoms with Crippen molar-refractivity contribution in [3.63, 3.8) is 0 Å². The van der Waals surface area contributed by atoms with Crippen molar-refractivity contribution in [2.24, 2.45) is 10.4 Å². The van der Waals surface area contributed by atoms with Gasteiger partial charge in [0.05, 0.1) is 18.6 Å². The van der Waals surface area contributed by atoms with Crippen LogP contribution < -0.4 is 5.32 Å². The number of aliphatic imine (C=N–C) groups is 1. The summed E-state index contributed by atoms with van der Waals surface area (Å²) in [6.07, 6.45) is 6.95. The van der Waals surface area contributed by atoms with Crippen LogP contribution in [-0.2, 0) is 0 Å². The molecule has 0 amide bonds. The second-order valence-corrected chi connectivity index (χ2v) is 6.12. The molecule has 0 bridgehead atoms. The van der Waals surface area contributed by atoms with E-state index >= 15 is 0 Å². The van der Waals surface area contributed by atoms with Crippen molar-refractivity contribution in [2.75, 3.05) is 7.05 Å². The van der Waals surface area contributed by atoms with E-state index in [0.29, 0.717) is 12.3 Å². The molecule has 4 nitrogen and oxygen atoms in total. The van der Waals surface area contributed by atoms with Gasteiger partial charge < -0.3 is 5.32 Å². The van der Waals surface area contributed by atoms with Gasteiger partial charge in [-0.05, 0) is 27.2 Å². The molecule has 0 heterocycles. The second kappa shape index (κ2) is 10.9. The number of allylic oxidation sites excluding steroid dienone is 2. The number of amidine groups is 1. The molecule has 122 valence electrons. The van der Waals surface area contributed by atoms with Gasteiger partial charge in [0.25, 0.3) is 0 Å². The van der Waals surface area contributed by atoms with E-state index in [0.717, 1.165) is 30.5 Å². The smallest absolute Gasteiger partial charge is 0.120 e. The Labute approximate surface area is 135 Å². The first kappa shape index (κ1) is 20.2. The van der Waals surface area contributed by atoms with Crippen LogP contribution in [0.4, 0.5) is 0 Å². The number of hydrogen-bond acceptors (Lipinski definition) is 3. The number of nitriles is 2. The maximum atomic E-state index is 9.62. The van der Waals surface area contributed by atoms with Crippen LogP contribution in [0.1, 0.15) is 72.6 Å². The molecule has 22 heavy (non-hydrogen) atoms. The van der Waals surface area contributed by atoms with E-state index in [-0.39, 0.29) is 0 Å². The first-order valence-corrected chi connectivity index (χ1v) is 8.14. The standard InChI is InChI=1S/C18H30N4/c1-6-7-8-9-10-12-18(4,14-20)17(21-5)22-16(11-13-19)15(2)3/h6-12H2,1-5H3,(H,21,22). The Hall–Kier alpha value is -1.81. The van der Waals surface area contributed by atoms with Gasteiger partial charge in [-0.1, -0.05) is 44.6 Å². The van der Waals surface area contributed by atoms with Gasteiger partial charge in [0, 0.05) is 12.7 Å². The molecule has 0 fully saturated rings. The van der Waals surface area contributed by atoms with Gasteiger partial charge in [-0.15, -0.1) is 0 Å². The van der Waals surface area contributed by atoms with Crippen LogP contribution in [0.2, 0.25) is 0 Å². The maximum absolute atomic E-state index is 9.62. The predicted molar refractivity (Wildman–Crippen MR) is 92.2 cm³/mol. The Morgan fingerprint density at radius 3 is 2.23 bits per heavy atom. The zero-order valence-corrected chi connectivity index (χ0v) is 14.8. The second-order valence-electron chi connectivity index (χ2n) is 6.12. The average Bonchev–Trinajstić information content (AvgIpc) is 2.50. The fourth-order valence-electron chi connectivity index (χ4n) is 2.32. The SMILES string of the molecule is CCCCCCCC(C)(C#N)C(=NC)NC(CC#N)=C(C)C. The van der Waals surface area contributed by atoms with Gasteiger partial charge in [-0.25, -0.2) is 0 Å². The zero-order chi connectivity index (χ0) is 17.0. The highest BCUT2D eigenvalue weighted by atomic mass is 15.0. The predicted octanol–water partition coefficient (Wildman–Crippen LogP) is 4.70. The summed E-state index contributed by atoms with van der Waals surface area (Å²) in [4.78, 5) is 4.29. The minimum Gasteiger partial charge on any atom is -0.345 e. The summed E-state index contributed by atoms with van der Waals surface area (Å²) in [6.45, 7) is 8.04. The molecule has 0 radical (unpaired) electrons. The molecule has 0 aromatic heterocycles. The van der Waals surface area contributed by atoms with E-state index in [1.165, 1.54) is 19.3 Å². The summed E-state index contributed by atoms with van der Waals surface area (Å²) in [5.41, 5.74) is 1.26. The van der Waals surface area contributed by atoms with Crippen LogP contribution in [0.25, 0.3) is 0 Å². The summed E-state index contributed by atoms with van der Waals surface area (Å²) in [5.74, 6) is 0.664. The highest BCUT2D eigenvalue weighted by Crippen LogP contribution is 2.26. The first-order chi connectivity index (χ1) is 10.4. The lowest BCUT2D eigenvalue weighted by molar-refractivity contribution is 0.486. The van der Waals surface area contributed by atoms with Gasteiger partial charge in [-0.3, -0.25) is 4.99 Å². The van der Waals surface area contributed by atoms with Crippen molar-refractivity contribution < 1.29 is 0 Å². The molecule has 0 aliphatic carbocycles. The normalized spacial score (nSPS) is 13.7. The number of rotatable bonds is 9. The highest BCUT2D eigenvalue weighted by Gasteiger charge is 2.30. The number of nitrogens with zero attached hydrogens (tertiary/aromatic N) is 3. The third-order valence-electron chi connectivity index (χ3n) is 3.90. The topological polar surface area (TPSA) is 72.0 Å². The fourth-order valence-corrected chi connectivity index (χ4v) is 2.32. The number of unbranched alkanes of at least 4 members (excludes halogenated alkanes) is 4. The molecule has 0 saturated heterocycles. The molecular weight excluding hydrogens is 272 g/mol. The van der Waals surface area contributed by atoms with E-state index in [1.54, 1.807) is 7.05 Å². The summed E-state index contributed by atoms with van der Waals surface area (Å²) in [7, 11) is 1.70. The lowest BCUT2D eigenvalue weighted by Crippen LogP contribution is -2.38. The van der Waals surface area contributed by atoms with E-state index in [9.17, 15) is 5.26 Å². The summed E-state index contributed by atoms with van der Waals surface area (Å²) >= 11 is 0. The van der Waals surface area contributed by atoms with E-state index in [4.69, 9.17) is 5.26 Å². The van der Waals surface area contributed by atoms with Crippen molar-refractivity contribution in [3.05, 3.63) is 11.3 Å². The Morgan fingerprint density at radius 2 is 1.77 bits per heavy atom. The van der Waals surface area contributed by atoms with Crippen molar-refractivity contribution in [2.45, 2.75) is 72.6 Å². The summed E-state index contributed by atoms with van der Waals surface area (Å²) < 4.78 is 0. The van der Waals surface area contributed by atoms with Crippen molar-refractivity contribution in [3.8, 4) is 12.1 Å². The molecule has 4 heteroatoms. The Bertz CT molecular complexity index is 472.